The Morgan fingerprint density at radius 1 is 1.53 bits per heavy atom. The van der Waals surface area contributed by atoms with Crippen LogP contribution in [0.3, 0.4) is 0 Å². The first-order valence-electron chi connectivity index (χ1n) is 5.83. The Morgan fingerprint density at radius 2 is 2.33 bits per heavy atom. The number of carbonyl (C=O) groups excluding carboxylic acids is 1. The molecule has 0 aromatic carbocycles. The van der Waals surface area contributed by atoms with Gasteiger partial charge in [-0.05, 0) is 13.3 Å². The fourth-order valence-electron chi connectivity index (χ4n) is 1.76. The molecule has 0 aromatic rings. The minimum atomic E-state index is 0.222. The van der Waals surface area contributed by atoms with Crippen LogP contribution < -0.4 is 5.32 Å². The number of nitrogens with one attached hydrogen (secondary N) is 1. The highest BCUT2D eigenvalue weighted by atomic mass is 16.5. The Morgan fingerprint density at radius 3 is 3.00 bits per heavy atom. The normalized spacial score (nSPS) is 21.7. The Labute approximate surface area is 92.0 Å². The molecule has 88 valence electrons. The molecule has 4 nitrogen and oxygen atoms in total. The fraction of sp³-hybridized carbons (Fsp3) is 0.909. The zero-order valence-electron chi connectivity index (χ0n) is 9.79. The molecule has 0 spiro atoms. The molecule has 1 amide bonds. The van der Waals surface area contributed by atoms with Gasteiger partial charge in [0.2, 0.25) is 5.91 Å². The Kier molecular flexibility index (Phi) is 5.65. The Hall–Kier alpha value is -0.610. The van der Waals surface area contributed by atoms with Gasteiger partial charge in [-0.25, -0.2) is 0 Å². The monoisotopic (exact) mass is 214 g/mol. The molecule has 15 heavy (non-hydrogen) atoms. The van der Waals surface area contributed by atoms with Gasteiger partial charge in [0.25, 0.3) is 0 Å². The van der Waals surface area contributed by atoms with Gasteiger partial charge in [-0.3, -0.25) is 4.79 Å². The molecule has 0 saturated carbocycles. The van der Waals surface area contributed by atoms with Gasteiger partial charge in [0.05, 0.1) is 13.0 Å². The summed E-state index contributed by atoms with van der Waals surface area (Å²) in [6.45, 7) is 8.10. The average molecular weight is 214 g/mol. The Bertz CT molecular complexity index is 197. The topological polar surface area (TPSA) is 41.6 Å². The van der Waals surface area contributed by atoms with E-state index in [1.165, 1.54) is 0 Å². The van der Waals surface area contributed by atoms with E-state index in [4.69, 9.17) is 4.74 Å². The molecule has 1 atom stereocenters. The van der Waals surface area contributed by atoms with Crippen LogP contribution in [0.15, 0.2) is 0 Å². The van der Waals surface area contributed by atoms with Gasteiger partial charge in [-0.15, -0.1) is 0 Å². The molecular formula is C11H22N2O2. The predicted molar refractivity (Wildman–Crippen MR) is 59.8 cm³/mol. The third-order valence-corrected chi connectivity index (χ3v) is 2.63. The number of carbonyl (C=O) groups is 1. The summed E-state index contributed by atoms with van der Waals surface area (Å²) in [4.78, 5) is 13.7. The highest BCUT2D eigenvalue weighted by Crippen LogP contribution is 2.04. The van der Waals surface area contributed by atoms with Gasteiger partial charge < -0.3 is 15.0 Å². The summed E-state index contributed by atoms with van der Waals surface area (Å²) >= 11 is 0. The maximum absolute atomic E-state index is 11.8. The molecular weight excluding hydrogens is 192 g/mol. The van der Waals surface area contributed by atoms with Crippen LogP contribution in [-0.2, 0) is 9.53 Å². The lowest BCUT2D eigenvalue weighted by molar-refractivity contribution is -0.135. The number of piperazine rings is 1. The van der Waals surface area contributed by atoms with Crippen molar-refractivity contribution in [1.29, 1.82) is 0 Å². The Balaban J connectivity index is 2.20. The molecule has 1 aliphatic rings. The third kappa shape index (κ3) is 4.18. The van der Waals surface area contributed by atoms with E-state index < -0.39 is 0 Å². The van der Waals surface area contributed by atoms with Crippen LogP contribution in [0.5, 0.6) is 0 Å². The van der Waals surface area contributed by atoms with Crippen molar-refractivity contribution in [3.8, 4) is 0 Å². The standard InChI is InChI=1S/C11H22N2O2/c1-3-7-15-8-4-11(14)13-6-5-12-9-10(13)2/h10,12H,3-9H2,1-2H3/t10-/m1/s1. The quantitative estimate of drug-likeness (QED) is 0.682. The van der Waals surface area contributed by atoms with E-state index in [0.29, 0.717) is 19.1 Å². The molecule has 0 aliphatic carbocycles. The molecule has 1 N–H and O–H groups in total. The van der Waals surface area contributed by atoms with Gasteiger partial charge in [0.15, 0.2) is 0 Å². The van der Waals surface area contributed by atoms with E-state index >= 15 is 0 Å². The van der Waals surface area contributed by atoms with Crippen LogP contribution in [0.25, 0.3) is 0 Å². The van der Waals surface area contributed by atoms with E-state index in [1.807, 2.05) is 4.90 Å². The third-order valence-electron chi connectivity index (χ3n) is 2.63. The second-order valence-corrected chi connectivity index (χ2v) is 4.00. The van der Waals surface area contributed by atoms with Crippen LogP contribution in [0.2, 0.25) is 0 Å². The molecule has 0 bridgehead atoms. The summed E-state index contributed by atoms with van der Waals surface area (Å²) in [5.41, 5.74) is 0. The van der Waals surface area contributed by atoms with Crippen molar-refractivity contribution >= 4 is 5.91 Å². The van der Waals surface area contributed by atoms with Crippen LogP contribution in [-0.4, -0.2) is 49.7 Å². The maximum atomic E-state index is 11.8. The summed E-state index contributed by atoms with van der Waals surface area (Å²) in [6, 6.07) is 0.317. The van der Waals surface area contributed by atoms with Crippen molar-refractivity contribution in [2.75, 3.05) is 32.8 Å². The van der Waals surface area contributed by atoms with Crippen molar-refractivity contribution < 1.29 is 9.53 Å². The van der Waals surface area contributed by atoms with Gasteiger partial charge in [0.1, 0.15) is 0 Å². The average Bonchev–Trinajstić information content (AvgIpc) is 2.25. The van der Waals surface area contributed by atoms with Crippen molar-refractivity contribution in [3.05, 3.63) is 0 Å². The zero-order valence-corrected chi connectivity index (χ0v) is 9.79. The molecule has 1 heterocycles. The number of amides is 1. The van der Waals surface area contributed by atoms with Gasteiger partial charge >= 0.3 is 0 Å². The lowest BCUT2D eigenvalue weighted by Crippen LogP contribution is -2.52. The summed E-state index contributed by atoms with van der Waals surface area (Å²) in [7, 11) is 0. The molecule has 1 fully saturated rings. The number of nitrogens with zero attached hydrogens (tertiary/aromatic N) is 1. The summed E-state index contributed by atoms with van der Waals surface area (Å²) in [5.74, 6) is 0.222. The number of rotatable bonds is 5. The highest BCUT2D eigenvalue weighted by molar-refractivity contribution is 5.76. The lowest BCUT2D eigenvalue weighted by Gasteiger charge is -2.34. The van der Waals surface area contributed by atoms with Gasteiger partial charge in [0, 0.05) is 32.3 Å². The van der Waals surface area contributed by atoms with Crippen molar-refractivity contribution in [1.82, 2.24) is 10.2 Å². The molecule has 1 aliphatic heterocycles. The van der Waals surface area contributed by atoms with Crippen molar-refractivity contribution in [3.63, 3.8) is 0 Å². The van der Waals surface area contributed by atoms with E-state index in [-0.39, 0.29) is 5.91 Å². The molecule has 0 unspecified atom stereocenters. The van der Waals surface area contributed by atoms with E-state index in [1.54, 1.807) is 0 Å². The van der Waals surface area contributed by atoms with Crippen LogP contribution in [0.1, 0.15) is 26.7 Å². The van der Waals surface area contributed by atoms with Gasteiger partial charge in [-0.2, -0.15) is 0 Å². The molecule has 1 saturated heterocycles. The second kappa shape index (κ2) is 6.80. The minimum Gasteiger partial charge on any atom is -0.381 e. The first-order chi connectivity index (χ1) is 7.25. The maximum Gasteiger partial charge on any atom is 0.225 e. The van der Waals surface area contributed by atoms with E-state index in [9.17, 15) is 4.79 Å². The number of hydrogen-bond donors (Lipinski definition) is 1. The van der Waals surface area contributed by atoms with E-state index in [0.717, 1.165) is 32.7 Å². The molecule has 0 radical (unpaired) electrons. The largest absolute Gasteiger partial charge is 0.381 e. The van der Waals surface area contributed by atoms with E-state index in [2.05, 4.69) is 19.2 Å². The van der Waals surface area contributed by atoms with Gasteiger partial charge in [-0.1, -0.05) is 6.92 Å². The number of ether oxygens (including phenoxy) is 1. The zero-order chi connectivity index (χ0) is 11.1. The summed E-state index contributed by atoms with van der Waals surface area (Å²) in [5, 5.41) is 3.27. The van der Waals surface area contributed by atoms with Crippen molar-refractivity contribution in [2.24, 2.45) is 0 Å². The molecule has 0 aromatic heterocycles. The van der Waals surface area contributed by atoms with Crippen LogP contribution in [0.4, 0.5) is 0 Å². The predicted octanol–water partition coefficient (Wildman–Crippen LogP) is 0.623. The fourth-order valence-corrected chi connectivity index (χ4v) is 1.76. The first-order valence-corrected chi connectivity index (χ1v) is 5.83. The highest BCUT2D eigenvalue weighted by Gasteiger charge is 2.22. The molecule has 1 rings (SSSR count). The summed E-state index contributed by atoms with van der Waals surface area (Å²) in [6.07, 6.45) is 1.53. The SMILES string of the molecule is CCCOCCC(=O)N1CCNC[C@H]1C. The minimum absolute atomic E-state index is 0.222. The number of hydrogen-bond acceptors (Lipinski definition) is 3. The molecule has 4 heteroatoms. The van der Waals surface area contributed by atoms with Crippen molar-refractivity contribution in [2.45, 2.75) is 32.7 Å². The van der Waals surface area contributed by atoms with Crippen LogP contribution >= 0.6 is 0 Å². The smallest absolute Gasteiger partial charge is 0.225 e. The summed E-state index contributed by atoms with van der Waals surface area (Å²) < 4.78 is 5.32. The second-order valence-electron chi connectivity index (χ2n) is 4.00. The first kappa shape index (κ1) is 12.5. The lowest BCUT2D eigenvalue weighted by atomic mass is 10.2. The van der Waals surface area contributed by atoms with Crippen LogP contribution in [0, 0.1) is 0 Å².